The summed E-state index contributed by atoms with van der Waals surface area (Å²) < 4.78 is 28.6. The van der Waals surface area contributed by atoms with Crippen LogP contribution in [0.4, 0.5) is 0 Å². The van der Waals surface area contributed by atoms with Crippen molar-refractivity contribution in [2.24, 2.45) is 5.10 Å². The second-order valence-corrected chi connectivity index (χ2v) is 9.68. The third-order valence-electron chi connectivity index (χ3n) is 4.81. The summed E-state index contributed by atoms with van der Waals surface area (Å²) in [4.78, 5) is 16.6. The number of halogens is 1. The number of sulfonamides is 1. The molecule has 0 spiro atoms. The van der Waals surface area contributed by atoms with Gasteiger partial charge in [-0.1, -0.05) is 35.2 Å². The van der Waals surface area contributed by atoms with E-state index in [1.54, 1.807) is 48.8 Å². The Balaban J connectivity index is 1.75. The number of hydrazone groups is 1. The van der Waals surface area contributed by atoms with Crippen molar-refractivity contribution >= 4 is 38.1 Å². The molecule has 0 unspecified atom stereocenters. The van der Waals surface area contributed by atoms with Crippen LogP contribution in [0.1, 0.15) is 37.7 Å². The average molecular weight is 479 g/mol. The Morgan fingerprint density at radius 2 is 1.79 bits per heavy atom. The Morgan fingerprint density at radius 3 is 2.45 bits per heavy atom. The Morgan fingerprint density at radius 1 is 1.14 bits per heavy atom. The van der Waals surface area contributed by atoms with Gasteiger partial charge in [0.1, 0.15) is 0 Å². The minimum Gasteiger partial charge on any atom is -0.272 e. The number of carbonyl (C=O) groups is 1. The zero-order valence-electron chi connectivity index (χ0n) is 15.9. The van der Waals surface area contributed by atoms with E-state index in [2.05, 4.69) is 31.4 Å². The topological polar surface area (TPSA) is 91.7 Å². The maximum absolute atomic E-state index is 13.3. The molecule has 1 heterocycles. The lowest BCUT2D eigenvalue weighted by Gasteiger charge is -2.32. The predicted molar refractivity (Wildman–Crippen MR) is 115 cm³/mol. The molecule has 0 radical (unpaired) electrons. The van der Waals surface area contributed by atoms with Gasteiger partial charge in [0.15, 0.2) is 0 Å². The summed E-state index contributed by atoms with van der Waals surface area (Å²) in [7, 11) is -3.80. The molecule has 1 aromatic heterocycles. The molecule has 2 aromatic rings. The van der Waals surface area contributed by atoms with E-state index in [4.69, 9.17) is 0 Å². The van der Waals surface area contributed by atoms with Crippen LogP contribution in [0.5, 0.6) is 0 Å². The maximum atomic E-state index is 13.3. The normalized spacial score (nSPS) is 15.7. The fraction of sp³-hybridized carbons (Fsp3) is 0.350. The maximum Gasteiger partial charge on any atom is 0.255 e. The van der Waals surface area contributed by atoms with Crippen molar-refractivity contribution in [3.63, 3.8) is 0 Å². The Bertz CT molecular complexity index is 943. The molecule has 0 bridgehead atoms. The number of aromatic nitrogens is 1. The van der Waals surface area contributed by atoms with Crippen molar-refractivity contribution in [3.05, 3.63) is 58.8 Å². The molecule has 0 aliphatic heterocycles. The highest BCUT2D eigenvalue weighted by Crippen LogP contribution is 2.28. The van der Waals surface area contributed by atoms with Crippen LogP contribution >= 0.6 is 15.9 Å². The number of nitrogens with one attached hydrogen (secondary N) is 1. The minimum absolute atomic E-state index is 0.180. The fourth-order valence-electron chi connectivity index (χ4n) is 3.33. The number of nitrogens with zero attached hydrogens (tertiary/aromatic N) is 3. The Kier molecular flexibility index (Phi) is 7.51. The highest BCUT2D eigenvalue weighted by Gasteiger charge is 2.33. The second kappa shape index (κ2) is 10.1. The van der Waals surface area contributed by atoms with Crippen molar-refractivity contribution < 1.29 is 13.2 Å². The van der Waals surface area contributed by atoms with Crippen molar-refractivity contribution in [3.8, 4) is 0 Å². The lowest BCUT2D eigenvalue weighted by atomic mass is 9.95. The van der Waals surface area contributed by atoms with Gasteiger partial charge in [-0.25, -0.2) is 13.8 Å². The van der Waals surface area contributed by atoms with Gasteiger partial charge in [-0.3, -0.25) is 9.78 Å². The van der Waals surface area contributed by atoms with Crippen molar-refractivity contribution in [2.45, 2.75) is 43.0 Å². The van der Waals surface area contributed by atoms with E-state index in [9.17, 15) is 13.2 Å². The van der Waals surface area contributed by atoms with Gasteiger partial charge in [0.2, 0.25) is 10.0 Å². The lowest BCUT2D eigenvalue weighted by Crippen LogP contribution is -2.46. The SMILES string of the molecule is O=C(CN(C1CCCCC1)S(=O)(=O)c1ccc(Br)cc1)N/N=C\c1ccncc1. The van der Waals surface area contributed by atoms with E-state index in [-0.39, 0.29) is 17.5 Å². The number of hydrogen-bond acceptors (Lipinski definition) is 5. The number of carbonyl (C=O) groups excluding carboxylic acids is 1. The average Bonchev–Trinajstić information content (AvgIpc) is 2.73. The van der Waals surface area contributed by atoms with Crippen LogP contribution in [0.25, 0.3) is 0 Å². The molecule has 1 N–H and O–H groups in total. The van der Waals surface area contributed by atoms with Gasteiger partial charge in [-0.15, -0.1) is 0 Å². The predicted octanol–water partition coefficient (Wildman–Crippen LogP) is 3.32. The summed E-state index contributed by atoms with van der Waals surface area (Å²) in [6, 6.07) is 9.79. The molecule has 1 fully saturated rings. The summed E-state index contributed by atoms with van der Waals surface area (Å²) in [6.07, 6.45) is 9.25. The smallest absolute Gasteiger partial charge is 0.255 e. The van der Waals surface area contributed by atoms with E-state index >= 15 is 0 Å². The van der Waals surface area contributed by atoms with Gasteiger partial charge in [-0.2, -0.15) is 9.41 Å². The third kappa shape index (κ3) is 5.94. The fourth-order valence-corrected chi connectivity index (χ4v) is 5.23. The Labute approximate surface area is 179 Å². The van der Waals surface area contributed by atoms with Crippen LogP contribution in [0.15, 0.2) is 63.3 Å². The largest absolute Gasteiger partial charge is 0.272 e. The van der Waals surface area contributed by atoms with E-state index in [1.807, 2.05) is 0 Å². The van der Waals surface area contributed by atoms with Crippen molar-refractivity contribution in [1.82, 2.24) is 14.7 Å². The number of rotatable bonds is 7. The molecule has 9 heteroatoms. The van der Waals surface area contributed by atoms with Gasteiger partial charge in [0.05, 0.1) is 17.7 Å². The highest BCUT2D eigenvalue weighted by atomic mass is 79.9. The molecular weight excluding hydrogens is 456 g/mol. The molecule has 154 valence electrons. The zero-order valence-corrected chi connectivity index (χ0v) is 18.3. The standard InChI is InChI=1S/C20H23BrN4O3S/c21-17-6-8-19(9-7-17)29(27,28)25(18-4-2-1-3-5-18)15-20(26)24-23-14-16-10-12-22-13-11-16/h6-14,18H,1-5,15H2,(H,24,26)/b23-14-. The molecule has 3 rings (SSSR count). The summed E-state index contributed by atoms with van der Waals surface area (Å²) in [5.41, 5.74) is 3.21. The first-order chi connectivity index (χ1) is 14.0. The molecule has 1 aliphatic carbocycles. The van der Waals surface area contributed by atoms with E-state index < -0.39 is 15.9 Å². The number of hydrogen-bond donors (Lipinski definition) is 1. The molecule has 7 nitrogen and oxygen atoms in total. The number of benzene rings is 1. The van der Waals surface area contributed by atoms with Gasteiger partial charge in [-0.05, 0) is 54.8 Å². The van der Waals surface area contributed by atoms with Crippen molar-refractivity contribution in [2.75, 3.05) is 6.54 Å². The quantitative estimate of drug-likeness (QED) is 0.487. The first-order valence-corrected chi connectivity index (χ1v) is 11.7. The van der Waals surface area contributed by atoms with Gasteiger partial charge in [0.25, 0.3) is 5.91 Å². The van der Waals surface area contributed by atoms with Crippen LogP contribution < -0.4 is 5.43 Å². The molecule has 1 aromatic carbocycles. The Hall–Kier alpha value is -2.10. The first-order valence-electron chi connectivity index (χ1n) is 9.46. The third-order valence-corrected chi connectivity index (χ3v) is 7.25. The van der Waals surface area contributed by atoms with Gasteiger partial charge < -0.3 is 0 Å². The summed E-state index contributed by atoms with van der Waals surface area (Å²) in [5.74, 6) is -0.471. The summed E-state index contributed by atoms with van der Waals surface area (Å²) >= 11 is 3.32. The highest BCUT2D eigenvalue weighted by molar-refractivity contribution is 9.10. The lowest BCUT2D eigenvalue weighted by molar-refractivity contribution is -0.121. The van der Waals surface area contributed by atoms with E-state index in [0.29, 0.717) is 0 Å². The van der Waals surface area contributed by atoms with E-state index in [1.165, 1.54) is 10.5 Å². The minimum atomic E-state index is -3.80. The van der Waals surface area contributed by atoms with Gasteiger partial charge >= 0.3 is 0 Å². The van der Waals surface area contributed by atoms with Crippen LogP contribution in [-0.4, -0.2) is 42.4 Å². The monoisotopic (exact) mass is 478 g/mol. The van der Waals surface area contributed by atoms with Crippen molar-refractivity contribution in [1.29, 1.82) is 0 Å². The van der Waals surface area contributed by atoms with E-state index in [0.717, 1.165) is 42.1 Å². The molecular formula is C20H23BrN4O3S. The second-order valence-electron chi connectivity index (χ2n) is 6.87. The first kappa shape index (κ1) is 21.6. The van der Waals surface area contributed by atoms with Crippen LogP contribution in [0, 0.1) is 0 Å². The number of pyridine rings is 1. The van der Waals surface area contributed by atoms with Crippen LogP contribution in [0.3, 0.4) is 0 Å². The zero-order chi connectivity index (χ0) is 20.7. The molecule has 0 saturated heterocycles. The van der Waals surface area contributed by atoms with Crippen LogP contribution in [-0.2, 0) is 14.8 Å². The molecule has 0 atom stereocenters. The summed E-state index contributed by atoms with van der Waals surface area (Å²) in [6.45, 7) is -0.267. The van der Waals surface area contributed by atoms with Crippen LogP contribution in [0.2, 0.25) is 0 Å². The number of amides is 1. The molecule has 29 heavy (non-hydrogen) atoms. The molecule has 1 amide bonds. The summed E-state index contributed by atoms with van der Waals surface area (Å²) in [5, 5.41) is 3.93. The molecule has 1 saturated carbocycles. The van der Waals surface area contributed by atoms with Gasteiger partial charge in [0, 0.05) is 22.9 Å². The molecule has 1 aliphatic rings.